The number of hydrogen-bond acceptors (Lipinski definition) is 6. The average Bonchev–Trinajstić information content (AvgIpc) is 3.47. The second-order valence-corrected chi connectivity index (χ2v) is 12.8. The van der Waals surface area contributed by atoms with Gasteiger partial charge in [0.1, 0.15) is 10.3 Å². The minimum absolute atomic E-state index is 0.0180. The van der Waals surface area contributed by atoms with E-state index in [1.54, 1.807) is 0 Å². The molecule has 0 saturated carbocycles. The highest BCUT2D eigenvalue weighted by Gasteiger charge is 2.50. The van der Waals surface area contributed by atoms with Gasteiger partial charge in [-0.15, -0.1) is 11.3 Å². The van der Waals surface area contributed by atoms with Gasteiger partial charge in [0, 0.05) is 37.4 Å². The van der Waals surface area contributed by atoms with E-state index >= 15 is 0 Å². The van der Waals surface area contributed by atoms with Crippen molar-refractivity contribution in [3.05, 3.63) is 57.5 Å². The van der Waals surface area contributed by atoms with Crippen LogP contribution in [0.2, 0.25) is 0 Å². The molecule has 2 saturated heterocycles. The summed E-state index contributed by atoms with van der Waals surface area (Å²) in [7, 11) is -3.41. The van der Waals surface area contributed by atoms with E-state index in [4.69, 9.17) is 4.74 Å². The van der Waals surface area contributed by atoms with Crippen LogP contribution in [0.5, 0.6) is 0 Å². The molecule has 1 aromatic carbocycles. The van der Waals surface area contributed by atoms with E-state index in [2.05, 4.69) is 12.1 Å². The molecule has 2 atom stereocenters. The Balaban J connectivity index is 1.21. The molecule has 0 N–H and O–H groups in total. The molecule has 7 nitrogen and oxygen atoms in total. The summed E-state index contributed by atoms with van der Waals surface area (Å²) in [4.78, 5) is 30.5. The zero-order valence-electron chi connectivity index (χ0n) is 18.9. The normalized spacial score (nSPS) is 24.1. The number of sulfone groups is 1. The summed E-state index contributed by atoms with van der Waals surface area (Å²) in [5.41, 5.74) is 3.94. The molecule has 1 aromatic heterocycles. The van der Waals surface area contributed by atoms with Gasteiger partial charge < -0.3 is 9.64 Å². The second kappa shape index (κ2) is 7.95. The fourth-order valence-corrected chi connectivity index (χ4v) is 8.38. The Hall–Kier alpha value is -2.65. The first-order valence-electron chi connectivity index (χ1n) is 11.7. The lowest BCUT2D eigenvalue weighted by Crippen LogP contribution is -2.47. The van der Waals surface area contributed by atoms with Crippen molar-refractivity contribution in [3.63, 3.8) is 0 Å². The van der Waals surface area contributed by atoms with Gasteiger partial charge in [-0.1, -0.05) is 36.4 Å². The topological polar surface area (TPSA) is 84.0 Å². The van der Waals surface area contributed by atoms with Crippen LogP contribution >= 0.6 is 11.3 Å². The van der Waals surface area contributed by atoms with Crippen LogP contribution in [-0.2, 0) is 27.4 Å². The van der Waals surface area contributed by atoms with Crippen molar-refractivity contribution in [1.29, 1.82) is 0 Å². The minimum Gasteiger partial charge on any atom is -0.443 e. The van der Waals surface area contributed by atoms with Gasteiger partial charge in [-0.2, -0.15) is 0 Å². The molecule has 6 rings (SSSR count). The van der Waals surface area contributed by atoms with Gasteiger partial charge >= 0.3 is 6.09 Å². The number of carbonyl (C=O) groups excluding carboxylic acids is 2. The van der Waals surface area contributed by atoms with Gasteiger partial charge in [0.25, 0.3) is 5.91 Å². The van der Waals surface area contributed by atoms with Crippen molar-refractivity contribution in [2.45, 2.75) is 54.5 Å². The van der Waals surface area contributed by atoms with Crippen molar-refractivity contribution >= 4 is 39.3 Å². The number of nitrogens with zero attached hydrogens (tertiary/aromatic N) is 2. The van der Waals surface area contributed by atoms with Crippen molar-refractivity contribution in [3.8, 4) is 0 Å². The molecule has 0 unspecified atom stereocenters. The van der Waals surface area contributed by atoms with Gasteiger partial charge in [0.2, 0.25) is 0 Å². The molecule has 0 radical (unpaired) electrons. The van der Waals surface area contributed by atoms with E-state index in [0.29, 0.717) is 42.8 Å². The van der Waals surface area contributed by atoms with Gasteiger partial charge in [0.15, 0.2) is 9.84 Å². The van der Waals surface area contributed by atoms with Crippen LogP contribution in [0.4, 0.5) is 4.79 Å². The molecular weight excluding hydrogens is 472 g/mol. The molecule has 2 fully saturated rings. The number of likely N-dealkylation sites (tertiary alicyclic amines) is 1. The van der Waals surface area contributed by atoms with E-state index in [0.717, 1.165) is 29.7 Å². The smallest absolute Gasteiger partial charge is 0.411 e. The number of carbonyl (C=O) groups is 2. The Labute approximate surface area is 202 Å². The third kappa shape index (κ3) is 3.40. The number of piperidine rings is 1. The van der Waals surface area contributed by atoms with Crippen molar-refractivity contribution in [2.24, 2.45) is 0 Å². The predicted molar refractivity (Wildman–Crippen MR) is 129 cm³/mol. The van der Waals surface area contributed by atoms with Gasteiger partial charge in [-0.3, -0.25) is 9.69 Å². The van der Waals surface area contributed by atoms with Crippen LogP contribution in [0.3, 0.4) is 0 Å². The standard InChI is InChI=1S/C25H26N2O5S2/c1-34(30,31)24-19-9-5-4-8-18(19)22(33-24)23(28)26-12-10-16(11-13-26)27-21-17-7-3-2-6-15(17)14-20(21)32-25(27)29/h2-3,5-7,9,16,20-21H,4,8,10-14H2,1H3/t20-,21+/m0/s1. The van der Waals surface area contributed by atoms with Gasteiger partial charge in [-0.25, -0.2) is 13.2 Å². The van der Waals surface area contributed by atoms with Crippen LogP contribution in [0.1, 0.15) is 57.2 Å². The van der Waals surface area contributed by atoms with Crippen molar-refractivity contribution < 1.29 is 22.7 Å². The van der Waals surface area contributed by atoms with E-state index in [1.807, 2.05) is 34.1 Å². The van der Waals surface area contributed by atoms with Crippen LogP contribution in [0, 0.1) is 0 Å². The maximum atomic E-state index is 13.5. The van der Waals surface area contributed by atoms with Crippen LogP contribution in [0.25, 0.3) is 6.08 Å². The summed E-state index contributed by atoms with van der Waals surface area (Å²) < 4.78 is 30.6. The molecule has 0 spiro atoms. The summed E-state index contributed by atoms with van der Waals surface area (Å²) in [5.74, 6) is -0.0991. The number of allylic oxidation sites excluding steroid dienone is 1. The summed E-state index contributed by atoms with van der Waals surface area (Å²) >= 11 is 1.10. The maximum absolute atomic E-state index is 13.5. The van der Waals surface area contributed by atoms with Crippen LogP contribution in [-0.4, -0.2) is 61.7 Å². The van der Waals surface area contributed by atoms with E-state index in [1.165, 1.54) is 17.4 Å². The first-order valence-corrected chi connectivity index (χ1v) is 14.4. The molecule has 2 aromatic rings. The fourth-order valence-electron chi connectivity index (χ4n) is 5.89. The molecule has 2 aliphatic heterocycles. The summed E-state index contributed by atoms with van der Waals surface area (Å²) in [6.07, 6.45) is 8.20. The Morgan fingerprint density at radius 3 is 2.71 bits per heavy atom. The van der Waals surface area contributed by atoms with Crippen LogP contribution in [0.15, 0.2) is 34.6 Å². The van der Waals surface area contributed by atoms with E-state index in [-0.39, 0.29) is 34.4 Å². The number of benzene rings is 1. The third-order valence-corrected chi connectivity index (χ3v) is 10.5. The highest BCUT2D eigenvalue weighted by atomic mass is 32.2. The summed E-state index contributed by atoms with van der Waals surface area (Å²) in [6, 6.07) is 8.17. The molecule has 9 heteroatoms. The molecule has 0 bridgehead atoms. The summed E-state index contributed by atoms with van der Waals surface area (Å²) in [6.45, 7) is 1.06. The number of amides is 2. The average molecular weight is 499 g/mol. The van der Waals surface area contributed by atoms with Gasteiger partial charge in [-0.05, 0) is 42.4 Å². The molecule has 4 aliphatic rings. The fraction of sp³-hybridized carbons (Fsp3) is 0.440. The molecule has 3 heterocycles. The maximum Gasteiger partial charge on any atom is 0.411 e. The molecule has 178 valence electrons. The largest absolute Gasteiger partial charge is 0.443 e. The highest BCUT2D eigenvalue weighted by molar-refractivity contribution is 7.92. The Morgan fingerprint density at radius 1 is 1.18 bits per heavy atom. The Kier molecular flexibility index (Phi) is 5.11. The predicted octanol–water partition coefficient (Wildman–Crippen LogP) is 3.83. The zero-order valence-corrected chi connectivity index (χ0v) is 20.5. The zero-order chi connectivity index (χ0) is 23.6. The van der Waals surface area contributed by atoms with E-state index < -0.39 is 9.84 Å². The summed E-state index contributed by atoms with van der Waals surface area (Å²) in [5, 5.41) is 0. The third-order valence-electron chi connectivity index (χ3n) is 7.45. The lowest BCUT2D eigenvalue weighted by molar-refractivity contribution is 0.0639. The lowest BCUT2D eigenvalue weighted by atomic mass is 9.97. The number of rotatable bonds is 3. The first-order chi connectivity index (χ1) is 16.3. The second-order valence-electron chi connectivity index (χ2n) is 9.52. The number of fused-ring (bicyclic) bond motifs is 4. The van der Waals surface area contributed by atoms with Crippen molar-refractivity contribution in [2.75, 3.05) is 19.3 Å². The highest BCUT2D eigenvalue weighted by Crippen LogP contribution is 2.45. The quantitative estimate of drug-likeness (QED) is 0.642. The molecular formula is C25H26N2O5S2. The van der Waals surface area contributed by atoms with Crippen molar-refractivity contribution in [1.82, 2.24) is 9.80 Å². The first kappa shape index (κ1) is 21.9. The van der Waals surface area contributed by atoms with E-state index in [9.17, 15) is 18.0 Å². The molecule has 34 heavy (non-hydrogen) atoms. The van der Waals surface area contributed by atoms with Gasteiger partial charge in [0.05, 0.1) is 10.9 Å². The number of thiophene rings is 1. The van der Waals surface area contributed by atoms with Crippen LogP contribution < -0.4 is 0 Å². The number of ether oxygens (including phenoxy) is 1. The minimum atomic E-state index is -3.41. The molecule has 2 aliphatic carbocycles. The molecule has 2 amide bonds. The monoisotopic (exact) mass is 498 g/mol. The lowest BCUT2D eigenvalue weighted by Gasteiger charge is -2.38. The Morgan fingerprint density at radius 2 is 1.94 bits per heavy atom. The Bertz CT molecular complexity index is 1320. The SMILES string of the molecule is CS(=O)(=O)c1sc(C(=O)N2CCC(N3C(=O)O[C@H]4Cc5ccccc5[C@H]43)CC2)c2c1C=CCC2. The number of hydrogen-bond donors (Lipinski definition) is 0.